The van der Waals surface area contributed by atoms with Gasteiger partial charge in [0, 0.05) is 24.3 Å². The molecule has 0 saturated carbocycles. The van der Waals surface area contributed by atoms with Gasteiger partial charge in [0.1, 0.15) is 0 Å². The first kappa shape index (κ1) is 17.0. The van der Waals surface area contributed by atoms with Crippen molar-refractivity contribution in [2.45, 2.75) is 0 Å². The SMILES string of the molecule is COc1cc(C(=O)C=Cc2ccc(N3CCOCC3)cc2)ccc1O. The normalized spacial score (nSPS) is 14.7. The summed E-state index contributed by atoms with van der Waals surface area (Å²) in [5, 5.41) is 9.59. The van der Waals surface area contributed by atoms with Gasteiger partial charge in [0.2, 0.25) is 0 Å². The molecule has 2 aromatic carbocycles. The van der Waals surface area contributed by atoms with Crippen LogP contribution in [0.25, 0.3) is 6.08 Å². The molecule has 130 valence electrons. The third-order valence-corrected chi connectivity index (χ3v) is 4.16. The molecular weight excluding hydrogens is 318 g/mol. The van der Waals surface area contributed by atoms with Gasteiger partial charge < -0.3 is 19.5 Å². The zero-order valence-electron chi connectivity index (χ0n) is 14.1. The highest BCUT2D eigenvalue weighted by molar-refractivity contribution is 6.07. The van der Waals surface area contributed by atoms with Gasteiger partial charge in [-0.25, -0.2) is 0 Å². The highest BCUT2D eigenvalue weighted by Gasteiger charge is 2.10. The summed E-state index contributed by atoms with van der Waals surface area (Å²) in [6.07, 6.45) is 3.31. The van der Waals surface area contributed by atoms with Crippen LogP contribution in [0.2, 0.25) is 0 Å². The molecule has 0 amide bonds. The van der Waals surface area contributed by atoms with Crippen LogP contribution in [0.15, 0.2) is 48.5 Å². The zero-order valence-corrected chi connectivity index (χ0v) is 14.1. The summed E-state index contributed by atoms with van der Waals surface area (Å²) in [5.41, 5.74) is 2.59. The van der Waals surface area contributed by atoms with Crippen molar-refractivity contribution in [3.8, 4) is 11.5 Å². The Labute approximate surface area is 147 Å². The first-order valence-electron chi connectivity index (χ1n) is 8.19. The van der Waals surface area contributed by atoms with Gasteiger partial charge in [-0.15, -0.1) is 0 Å². The van der Waals surface area contributed by atoms with Crippen LogP contribution in [-0.4, -0.2) is 44.3 Å². The number of allylic oxidation sites excluding steroid dienone is 1. The summed E-state index contributed by atoms with van der Waals surface area (Å²) >= 11 is 0. The van der Waals surface area contributed by atoms with Crippen LogP contribution in [0.5, 0.6) is 11.5 Å². The van der Waals surface area contributed by atoms with Crippen LogP contribution < -0.4 is 9.64 Å². The Bertz CT molecular complexity index is 762. The fourth-order valence-electron chi connectivity index (χ4n) is 2.72. The average molecular weight is 339 g/mol. The first-order chi connectivity index (χ1) is 12.2. The van der Waals surface area contributed by atoms with Gasteiger partial charge in [0.25, 0.3) is 0 Å². The minimum atomic E-state index is -0.143. The molecular formula is C20H21NO4. The van der Waals surface area contributed by atoms with Crippen LogP contribution >= 0.6 is 0 Å². The molecule has 2 aromatic rings. The maximum atomic E-state index is 12.3. The number of ketones is 1. The highest BCUT2D eigenvalue weighted by Crippen LogP contribution is 2.26. The number of aromatic hydroxyl groups is 1. The minimum Gasteiger partial charge on any atom is -0.504 e. The molecule has 1 aliphatic heterocycles. The summed E-state index contributed by atoms with van der Waals surface area (Å²) in [6, 6.07) is 12.7. The van der Waals surface area contributed by atoms with Crippen molar-refractivity contribution < 1.29 is 19.4 Å². The van der Waals surface area contributed by atoms with E-state index in [1.54, 1.807) is 12.1 Å². The Morgan fingerprint density at radius 3 is 2.56 bits per heavy atom. The van der Waals surface area contributed by atoms with Crippen LogP contribution in [0.3, 0.4) is 0 Å². The number of carbonyl (C=O) groups excluding carboxylic acids is 1. The van der Waals surface area contributed by atoms with Gasteiger partial charge in [0.05, 0.1) is 20.3 Å². The topological polar surface area (TPSA) is 59.0 Å². The Kier molecular flexibility index (Phi) is 5.36. The first-order valence-corrected chi connectivity index (χ1v) is 8.19. The van der Waals surface area contributed by atoms with E-state index >= 15 is 0 Å². The van der Waals surface area contributed by atoms with E-state index in [4.69, 9.17) is 9.47 Å². The summed E-state index contributed by atoms with van der Waals surface area (Å²) in [7, 11) is 1.45. The van der Waals surface area contributed by atoms with Crippen LogP contribution in [0.4, 0.5) is 5.69 Å². The zero-order chi connectivity index (χ0) is 17.6. The number of rotatable bonds is 5. The molecule has 3 rings (SSSR count). The van der Waals surface area contributed by atoms with Crippen molar-refractivity contribution in [3.05, 3.63) is 59.7 Å². The average Bonchev–Trinajstić information content (AvgIpc) is 2.67. The van der Waals surface area contributed by atoms with Crippen molar-refractivity contribution in [1.82, 2.24) is 0 Å². The van der Waals surface area contributed by atoms with Crippen molar-refractivity contribution >= 4 is 17.5 Å². The van der Waals surface area contributed by atoms with E-state index in [1.807, 2.05) is 12.1 Å². The third-order valence-electron chi connectivity index (χ3n) is 4.16. The summed E-state index contributed by atoms with van der Waals surface area (Å²) in [6.45, 7) is 3.31. The maximum Gasteiger partial charge on any atom is 0.185 e. The van der Waals surface area contributed by atoms with E-state index in [9.17, 15) is 9.90 Å². The highest BCUT2D eigenvalue weighted by atomic mass is 16.5. The van der Waals surface area contributed by atoms with Gasteiger partial charge in [-0.3, -0.25) is 4.79 Å². The number of morpholine rings is 1. The van der Waals surface area contributed by atoms with Gasteiger partial charge in [-0.05, 0) is 42.0 Å². The number of carbonyl (C=O) groups is 1. The molecule has 1 fully saturated rings. The number of benzene rings is 2. The number of hydrogen-bond donors (Lipinski definition) is 1. The molecule has 0 bridgehead atoms. The smallest absolute Gasteiger partial charge is 0.185 e. The Balaban J connectivity index is 1.67. The number of hydrogen-bond acceptors (Lipinski definition) is 5. The number of methoxy groups -OCH3 is 1. The number of ether oxygens (including phenoxy) is 2. The van der Waals surface area contributed by atoms with E-state index in [0.717, 1.165) is 37.6 Å². The second-order valence-electron chi connectivity index (χ2n) is 5.78. The second kappa shape index (κ2) is 7.85. The van der Waals surface area contributed by atoms with Crippen LogP contribution in [0, 0.1) is 0 Å². The summed E-state index contributed by atoms with van der Waals surface area (Å²) in [4.78, 5) is 14.5. The molecule has 0 atom stereocenters. The second-order valence-corrected chi connectivity index (χ2v) is 5.78. The van der Waals surface area contributed by atoms with E-state index in [0.29, 0.717) is 5.56 Å². The van der Waals surface area contributed by atoms with E-state index in [-0.39, 0.29) is 17.3 Å². The van der Waals surface area contributed by atoms with Crippen molar-refractivity contribution in [2.24, 2.45) is 0 Å². The van der Waals surface area contributed by atoms with Crippen LogP contribution in [0.1, 0.15) is 15.9 Å². The fourth-order valence-corrected chi connectivity index (χ4v) is 2.72. The summed E-state index contributed by atoms with van der Waals surface area (Å²) < 4.78 is 10.4. The van der Waals surface area contributed by atoms with E-state index in [1.165, 1.54) is 25.3 Å². The lowest BCUT2D eigenvalue weighted by Crippen LogP contribution is -2.36. The molecule has 0 unspecified atom stereocenters. The molecule has 25 heavy (non-hydrogen) atoms. The predicted molar refractivity (Wildman–Crippen MR) is 97.5 cm³/mol. The Morgan fingerprint density at radius 1 is 1.16 bits per heavy atom. The third kappa shape index (κ3) is 4.19. The maximum absolute atomic E-state index is 12.3. The van der Waals surface area contributed by atoms with Gasteiger partial charge in [-0.1, -0.05) is 18.2 Å². The fraction of sp³-hybridized carbons (Fsp3) is 0.250. The molecule has 0 spiro atoms. The molecule has 1 N–H and O–H groups in total. The standard InChI is InChI=1S/C20H21NO4/c1-24-20-14-16(5-9-19(20)23)18(22)8-4-15-2-6-17(7-3-15)21-10-12-25-13-11-21/h2-9,14,23H,10-13H2,1H3. The molecule has 1 saturated heterocycles. The Hall–Kier alpha value is -2.79. The lowest BCUT2D eigenvalue weighted by molar-refractivity contribution is 0.104. The molecule has 0 aliphatic carbocycles. The number of nitrogens with zero attached hydrogens (tertiary/aromatic N) is 1. The number of phenolic OH excluding ortho intramolecular Hbond substituents is 1. The number of anilines is 1. The molecule has 0 radical (unpaired) electrons. The number of phenols is 1. The lowest BCUT2D eigenvalue weighted by atomic mass is 10.1. The van der Waals surface area contributed by atoms with Crippen LogP contribution in [-0.2, 0) is 4.74 Å². The lowest BCUT2D eigenvalue weighted by Gasteiger charge is -2.28. The molecule has 0 aromatic heterocycles. The van der Waals surface area contributed by atoms with E-state index < -0.39 is 0 Å². The minimum absolute atomic E-state index is 0.0155. The predicted octanol–water partition coefficient (Wildman–Crippen LogP) is 3.13. The largest absolute Gasteiger partial charge is 0.504 e. The van der Waals surface area contributed by atoms with Crippen molar-refractivity contribution in [3.63, 3.8) is 0 Å². The Morgan fingerprint density at radius 2 is 1.88 bits per heavy atom. The van der Waals surface area contributed by atoms with Gasteiger partial charge in [-0.2, -0.15) is 0 Å². The van der Waals surface area contributed by atoms with Crippen molar-refractivity contribution in [1.29, 1.82) is 0 Å². The van der Waals surface area contributed by atoms with Crippen molar-refractivity contribution in [2.75, 3.05) is 38.3 Å². The summed E-state index contributed by atoms with van der Waals surface area (Å²) in [5.74, 6) is 0.159. The molecule has 5 heteroatoms. The molecule has 1 heterocycles. The van der Waals surface area contributed by atoms with Gasteiger partial charge >= 0.3 is 0 Å². The quantitative estimate of drug-likeness (QED) is 0.670. The monoisotopic (exact) mass is 339 g/mol. The molecule has 1 aliphatic rings. The van der Waals surface area contributed by atoms with E-state index in [2.05, 4.69) is 17.0 Å². The molecule has 5 nitrogen and oxygen atoms in total. The van der Waals surface area contributed by atoms with Gasteiger partial charge in [0.15, 0.2) is 17.3 Å².